The summed E-state index contributed by atoms with van der Waals surface area (Å²) >= 11 is 12.9. The van der Waals surface area contributed by atoms with Crippen LogP contribution in [0.15, 0.2) is 30.3 Å². The Balaban J connectivity index is 2.38. The van der Waals surface area contributed by atoms with Crippen molar-refractivity contribution in [3.8, 4) is 0 Å². The molecule has 0 aliphatic rings. The minimum absolute atomic E-state index is 0.0983. The first kappa shape index (κ1) is 11.5. The molecule has 0 aliphatic heterocycles. The lowest BCUT2D eigenvalue weighted by Crippen LogP contribution is -1.99. The van der Waals surface area contributed by atoms with Crippen molar-refractivity contribution in [3.63, 3.8) is 0 Å². The third-order valence-corrected chi connectivity index (χ3v) is 3.62. The Morgan fingerprint density at radius 1 is 1.19 bits per heavy atom. The fourth-order valence-electron chi connectivity index (χ4n) is 1.25. The van der Waals surface area contributed by atoms with E-state index in [-0.39, 0.29) is 5.78 Å². The molecule has 0 unspecified atom stereocenters. The molecule has 2 rings (SSSR count). The number of hydrogen-bond acceptors (Lipinski definition) is 3. The molecule has 5 heteroatoms. The second-order valence-corrected chi connectivity index (χ2v) is 5.29. The predicted octanol–water partition coefficient (Wildman–Crippen LogP) is 3.87. The molecule has 1 aromatic heterocycles. The van der Waals surface area contributed by atoms with E-state index in [2.05, 4.69) is 0 Å². The fourth-order valence-corrected chi connectivity index (χ4v) is 2.43. The van der Waals surface area contributed by atoms with Crippen molar-refractivity contribution in [2.75, 3.05) is 5.73 Å². The van der Waals surface area contributed by atoms with Crippen molar-refractivity contribution >= 4 is 46.0 Å². The predicted molar refractivity (Wildman–Crippen MR) is 68.6 cm³/mol. The number of carbonyl (C=O) groups is 1. The van der Waals surface area contributed by atoms with Crippen LogP contribution < -0.4 is 5.73 Å². The van der Waals surface area contributed by atoms with Gasteiger partial charge in [0.05, 0.1) is 19.9 Å². The van der Waals surface area contributed by atoms with Gasteiger partial charge in [0.1, 0.15) is 0 Å². The summed E-state index contributed by atoms with van der Waals surface area (Å²) in [5.74, 6) is -0.0983. The average Bonchev–Trinajstić information content (AvgIpc) is 2.68. The highest BCUT2D eigenvalue weighted by Crippen LogP contribution is 2.26. The van der Waals surface area contributed by atoms with Crippen LogP contribution in [0.4, 0.5) is 5.69 Å². The molecule has 0 saturated carbocycles. The van der Waals surface area contributed by atoms with Gasteiger partial charge < -0.3 is 5.73 Å². The van der Waals surface area contributed by atoms with Crippen molar-refractivity contribution in [2.45, 2.75) is 0 Å². The Labute approximate surface area is 107 Å². The minimum Gasteiger partial charge on any atom is -0.398 e. The van der Waals surface area contributed by atoms with E-state index in [1.807, 2.05) is 0 Å². The van der Waals surface area contributed by atoms with Gasteiger partial charge in [-0.1, -0.05) is 23.2 Å². The number of halogens is 2. The number of nitrogens with two attached hydrogens (primary N) is 1. The van der Waals surface area contributed by atoms with Crippen molar-refractivity contribution in [3.05, 3.63) is 50.1 Å². The molecule has 16 heavy (non-hydrogen) atoms. The summed E-state index contributed by atoms with van der Waals surface area (Å²) in [6, 6.07) is 8.22. The fraction of sp³-hybridized carbons (Fsp3) is 0. The van der Waals surface area contributed by atoms with E-state index in [1.54, 1.807) is 30.3 Å². The van der Waals surface area contributed by atoms with E-state index in [0.717, 1.165) is 0 Å². The smallest absolute Gasteiger partial charge is 0.203 e. The van der Waals surface area contributed by atoms with E-state index in [9.17, 15) is 4.79 Å². The number of anilines is 1. The van der Waals surface area contributed by atoms with Gasteiger partial charge in [0.15, 0.2) is 0 Å². The molecule has 0 saturated heterocycles. The Hall–Kier alpha value is -1.03. The van der Waals surface area contributed by atoms with Crippen LogP contribution in [0, 0.1) is 0 Å². The maximum atomic E-state index is 12.0. The highest BCUT2D eigenvalue weighted by molar-refractivity contribution is 7.18. The summed E-state index contributed by atoms with van der Waals surface area (Å²) < 4.78 is 0.588. The molecule has 0 spiro atoms. The second-order valence-electron chi connectivity index (χ2n) is 3.17. The summed E-state index contributed by atoms with van der Waals surface area (Å²) in [5, 5.41) is 0.383. The largest absolute Gasteiger partial charge is 0.398 e. The van der Waals surface area contributed by atoms with Crippen molar-refractivity contribution < 1.29 is 4.79 Å². The molecule has 2 nitrogen and oxygen atoms in total. The van der Waals surface area contributed by atoms with Crippen LogP contribution in [0.3, 0.4) is 0 Å². The topological polar surface area (TPSA) is 43.1 Å². The van der Waals surface area contributed by atoms with Crippen molar-refractivity contribution in [1.82, 2.24) is 0 Å². The number of carbonyl (C=O) groups excluding carboxylic acids is 1. The molecule has 2 aromatic rings. The molecule has 0 atom stereocenters. The van der Waals surface area contributed by atoms with Crippen molar-refractivity contribution in [2.24, 2.45) is 0 Å². The summed E-state index contributed by atoms with van der Waals surface area (Å²) in [7, 11) is 0. The Kier molecular flexibility index (Phi) is 3.19. The van der Waals surface area contributed by atoms with Crippen LogP contribution in [0.5, 0.6) is 0 Å². The summed E-state index contributed by atoms with van der Waals surface area (Å²) in [6.45, 7) is 0. The Bertz CT molecular complexity index is 551. The zero-order valence-corrected chi connectivity index (χ0v) is 10.4. The first-order chi connectivity index (χ1) is 7.58. The molecule has 0 aliphatic carbocycles. The van der Waals surface area contributed by atoms with E-state index in [1.165, 1.54) is 11.3 Å². The quantitative estimate of drug-likeness (QED) is 0.666. The molecule has 82 valence electrons. The number of hydrogen-bond donors (Lipinski definition) is 1. The van der Waals surface area contributed by atoms with Gasteiger partial charge in [-0.2, -0.15) is 0 Å². The number of benzene rings is 1. The molecule has 0 amide bonds. The van der Waals surface area contributed by atoms with E-state index >= 15 is 0 Å². The standard InChI is InChI=1S/C11H7Cl2NOS/c12-7-5-6(1-2-8(7)14)11(15)9-3-4-10(13)16-9/h1-5H,14H2. The molecule has 1 aromatic carbocycles. The Morgan fingerprint density at radius 3 is 2.50 bits per heavy atom. The number of ketones is 1. The summed E-state index contributed by atoms with van der Waals surface area (Å²) in [4.78, 5) is 12.6. The second kappa shape index (κ2) is 4.45. The monoisotopic (exact) mass is 271 g/mol. The lowest BCUT2D eigenvalue weighted by atomic mass is 10.1. The average molecular weight is 272 g/mol. The van der Waals surface area contributed by atoms with E-state index < -0.39 is 0 Å². The number of nitrogen functional groups attached to an aromatic ring is 1. The Morgan fingerprint density at radius 2 is 1.94 bits per heavy atom. The highest BCUT2D eigenvalue weighted by atomic mass is 35.5. The normalized spacial score (nSPS) is 10.4. The van der Waals surface area contributed by atoms with Gasteiger partial charge in [-0.3, -0.25) is 4.79 Å². The van der Waals surface area contributed by atoms with Crippen LogP contribution in [-0.4, -0.2) is 5.78 Å². The van der Waals surface area contributed by atoms with Gasteiger partial charge in [0.2, 0.25) is 5.78 Å². The van der Waals surface area contributed by atoms with Gasteiger partial charge in [0.25, 0.3) is 0 Å². The highest BCUT2D eigenvalue weighted by Gasteiger charge is 2.12. The lowest BCUT2D eigenvalue weighted by Gasteiger charge is -2.01. The number of thiophene rings is 1. The lowest BCUT2D eigenvalue weighted by molar-refractivity contribution is 0.104. The summed E-state index contributed by atoms with van der Waals surface area (Å²) in [6.07, 6.45) is 0. The third-order valence-electron chi connectivity index (χ3n) is 2.06. The summed E-state index contributed by atoms with van der Waals surface area (Å²) in [5.41, 5.74) is 6.54. The van der Waals surface area contributed by atoms with Crippen LogP contribution in [0.25, 0.3) is 0 Å². The van der Waals surface area contributed by atoms with Crippen LogP contribution >= 0.6 is 34.5 Å². The molecule has 0 fully saturated rings. The molecular weight excluding hydrogens is 265 g/mol. The zero-order valence-electron chi connectivity index (χ0n) is 8.04. The van der Waals surface area contributed by atoms with Crippen molar-refractivity contribution in [1.29, 1.82) is 0 Å². The van der Waals surface area contributed by atoms with E-state index in [0.29, 0.717) is 25.5 Å². The molecule has 1 heterocycles. The molecule has 0 radical (unpaired) electrons. The van der Waals surface area contributed by atoms with Crippen LogP contribution in [-0.2, 0) is 0 Å². The zero-order chi connectivity index (χ0) is 11.7. The molecule has 0 bridgehead atoms. The van der Waals surface area contributed by atoms with Gasteiger partial charge in [-0.05, 0) is 30.3 Å². The minimum atomic E-state index is -0.0983. The SMILES string of the molecule is Nc1ccc(C(=O)c2ccc(Cl)s2)cc1Cl. The molecular formula is C11H7Cl2NOS. The maximum Gasteiger partial charge on any atom is 0.203 e. The molecule has 2 N–H and O–H groups in total. The van der Waals surface area contributed by atoms with Crippen LogP contribution in [0.2, 0.25) is 9.36 Å². The first-order valence-electron chi connectivity index (χ1n) is 4.43. The van der Waals surface area contributed by atoms with Gasteiger partial charge >= 0.3 is 0 Å². The number of rotatable bonds is 2. The van der Waals surface area contributed by atoms with E-state index in [4.69, 9.17) is 28.9 Å². The maximum absolute atomic E-state index is 12.0. The van der Waals surface area contributed by atoms with Crippen LogP contribution in [0.1, 0.15) is 15.2 Å². The van der Waals surface area contributed by atoms with Gasteiger partial charge in [-0.15, -0.1) is 11.3 Å². The third kappa shape index (κ3) is 2.21. The van der Waals surface area contributed by atoms with Gasteiger partial charge in [-0.25, -0.2) is 0 Å². The van der Waals surface area contributed by atoms with Gasteiger partial charge in [0, 0.05) is 5.56 Å². The first-order valence-corrected chi connectivity index (χ1v) is 6.00.